The first-order valence-electron chi connectivity index (χ1n) is 8.33. The van der Waals surface area contributed by atoms with Gasteiger partial charge in [-0.25, -0.2) is 8.42 Å². The summed E-state index contributed by atoms with van der Waals surface area (Å²) in [5.74, 6) is -0.0824. The van der Waals surface area contributed by atoms with Crippen LogP contribution in [0.1, 0.15) is 35.7 Å². The van der Waals surface area contributed by atoms with Crippen LogP contribution < -0.4 is 9.62 Å². The van der Waals surface area contributed by atoms with Crippen LogP contribution in [-0.2, 0) is 14.8 Å². The lowest BCUT2D eigenvalue weighted by atomic mass is 10.1. The number of nitrogens with one attached hydrogen (secondary N) is 1. The molecule has 1 N–H and O–H groups in total. The normalized spacial score (nSPS) is 14.5. The fourth-order valence-electron chi connectivity index (χ4n) is 3.04. The van der Waals surface area contributed by atoms with Gasteiger partial charge in [-0.2, -0.15) is 0 Å². The number of ketones is 1. The molecule has 1 fully saturated rings. The van der Waals surface area contributed by atoms with Gasteiger partial charge in [-0.15, -0.1) is 0 Å². The van der Waals surface area contributed by atoms with Gasteiger partial charge in [0.2, 0.25) is 5.91 Å². The molecule has 0 radical (unpaired) electrons. The Kier molecular flexibility index (Phi) is 4.82. The lowest BCUT2D eigenvalue weighted by molar-refractivity contribution is -0.117. The first-order chi connectivity index (χ1) is 12.3. The molecule has 1 aliphatic rings. The van der Waals surface area contributed by atoms with Crippen molar-refractivity contribution in [3.05, 3.63) is 53.6 Å². The second-order valence-electron chi connectivity index (χ2n) is 6.34. The first kappa shape index (κ1) is 18.1. The molecule has 0 unspecified atom stereocenters. The van der Waals surface area contributed by atoms with Gasteiger partial charge in [-0.1, -0.05) is 12.1 Å². The highest BCUT2D eigenvalue weighted by atomic mass is 32.2. The number of carbonyl (C=O) groups excluding carboxylic acids is 2. The Morgan fingerprint density at radius 1 is 1.15 bits per heavy atom. The van der Waals surface area contributed by atoms with Crippen molar-refractivity contribution in [2.24, 2.45) is 0 Å². The van der Waals surface area contributed by atoms with Crippen molar-refractivity contribution in [3.8, 4) is 0 Å². The molecule has 1 heterocycles. The third-order valence-corrected chi connectivity index (χ3v) is 5.90. The second-order valence-corrected chi connectivity index (χ2v) is 7.99. The third kappa shape index (κ3) is 3.62. The SMILES string of the molecule is CC(=O)c1cccc(NS(=O)(=O)c2ccc(N3CCCC3=O)cc2C)c1. The average molecular weight is 372 g/mol. The zero-order valence-corrected chi connectivity index (χ0v) is 15.5. The van der Waals surface area contributed by atoms with E-state index in [1.807, 2.05) is 0 Å². The molecule has 1 saturated heterocycles. The number of nitrogens with zero attached hydrogens (tertiary/aromatic N) is 1. The molecule has 1 amide bonds. The van der Waals surface area contributed by atoms with Crippen LogP contribution in [0.5, 0.6) is 0 Å². The number of aryl methyl sites for hydroxylation is 1. The fourth-order valence-corrected chi connectivity index (χ4v) is 4.31. The summed E-state index contributed by atoms with van der Waals surface area (Å²) in [6.45, 7) is 3.78. The highest BCUT2D eigenvalue weighted by Gasteiger charge is 2.24. The summed E-state index contributed by atoms with van der Waals surface area (Å²) in [6.07, 6.45) is 1.33. The molecular formula is C19H20N2O4S. The molecular weight excluding hydrogens is 352 g/mol. The zero-order valence-electron chi connectivity index (χ0n) is 14.7. The summed E-state index contributed by atoms with van der Waals surface area (Å²) in [5, 5.41) is 0. The van der Waals surface area contributed by atoms with E-state index in [4.69, 9.17) is 0 Å². The van der Waals surface area contributed by atoms with Gasteiger partial charge >= 0.3 is 0 Å². The summed E-state index contributed by atoms with van der Waals surface area (Å²) in [6, 6.07) is 11.2. The monoisotopic (exact) mass is 372 g/mol. The molecule has 0 atom stereocenters. The molecule has 0 spiro atoms. The highest BCUT2D eigenvalue weighted by molar-refractivity contribution is 7.92. The second kappa shape index (κ2) is 6.92. The number of carbonyl (C=O) groups is 2. The predicted octanol–water partition coefficient (Wildman–Crippen LogP) is 3.13. The Morgan fingerprint density at radius 2 is 1.92 bits per heavy atom. The van der Waals surface area contributed by atoms with Crippen molar-refractivity contribution < 1.29 is 18.0 Å². The maximum absolute atomic E-state index is 12.7. The van der Waals surface area contributed by atoms with Crippen LogP contribution in [0.2, 0.25) is 0 Å². The highest BCUT2D eigenvalue weighted by Crippen LogP contribution is 2.27. The van der Waals surface area contributed by atoms with Gasteiger partial charge in [0.25, 0.3) is 10.0 Å². The largest absolute Gasteiger partial charge is 0.312 e. The summed E-state index contributed by atoms with van der Waals surface area (Å²) in [4.78, 5) is 25.1. The number of rotatable bonds is 5. The van der Waals surface area contributed by atoms with E-state index in [9.17, 15) is 18.0 Å². The van der Waals surface area contributed by atoms with Crippen LogP contribution in [0, 0.1) is 6.92 Å². The molecule has 1 aliphatic heterocycles. The van der Waals surface area contributed by atoms with E-state index < -0.39 is 10.0 Å². The van der Waals surface area contributed by atoms with Crippen molar-refractivity contribution in [2.45, 2.75) is 31.6 Å². The topological polar surface area (TPSA) is 83.6 Å². The number of hydrogen-bond donors (Lipinski definition) is 1. The number of hydrogen-bond acceptors (Lipinski definition) is 4. The van der Waals surface area contributed by atoms with Gasteiger partial charge in [-0.05, 0) is 56.2 Å². The molecule has 3 rings (SSSR count). The molecule has 0 aromatic heterocycles. The van der Waals surface area contributed by atoms with Crippen molar-refractivity contribution >= 4 is 33.1 Å². The van der Waals surface area contributed by atoms with Gasteiger partial charge < -0.3 is 4.90 Å². The average Bonchev–Trinajstić information content (AvgIpc) is 3.00. The molecule has 26 heavy (non-hydrogen) atoms. The first-order valence-corrected chi connectivity index (χ1v) is 9.81. The van der Waals surface area contributed by atoms with Gasteiger partial charge in [0.1, 0.15) is 0 Å². The minimum absolute atomic E-state index is 0.0548. The van der Waals surface area contributed by atoms with Crippen LogP contribution in [-0.4, -0.2) is 26.7 Å². The smallest absolute Gasteiger partial charge is 0.262 e. The predicted molar refractivity (Wildman–Crippen MR) is 100 cm³/mol. The molecule has 2 aromatic carbocycles. The molecule has 2 aromatic rings. The quantitative estimate of drug-likeness (QED) is 0.818. The maximum atomic E-state index is 12.7. The van der Waals surface area contributed by atoms with Crippen molar-refractivity contribution in [1.29, 1.82) is 0 Å². The number of anilines is 2. The number of benzene rings is 2. The Morgan fingerprint density at radius 3 is 2.54 bits per heavy atom. The Labute approximate surface area is 152 Å². The van der Waals surface area contributed by atoms with E-state index >= 15 is 0 Å². The van der Waals surface area contributed by atoms with E-state index in [0.717, 1.165) is 6.42 Å². The van der Waals surface area contributed by atoms with Crippen LogP contribution in [0.4, 0.5) is 11.4 Å². The number of amides is 1. The van der Waals surface area contributed by atoms with E-state index in [1.165, 1.54) is 19.1 Å². The van der Waals surface area contributed by atoms with Crippen LogP contribution in [0.25, 0.3) is 0 Å². The molecule has 0 aliphatic carbocycles. The number of Topliss-reactive ketones (excluding diaryl/α,β-unsaturated/α-hetero) is 1. The van der Waals surface area contributed by atoms with Gasteiger partial charge in [0.05, 0.1) is 4.90 Å². The zero-order chi connectivity index (χ0) is 18.9. The summed E-state index contributed by atoms with van der Waals surface area (Å²) in [5.41, 5.74) is 2.03. The lowest BCUT2D eigenvalue weighted by Crippen LogP contribution is -2.24. The standard InChI is InChI=1S/C19H20N2O4S/c1-13-11-17(21-10-4-7-19(21)23)8-9-18(13)26(24,25)20-16-6-3-5-15(12-16)14(2)22/h3,5-6,8-9,11-12,20H,4,7,10H2,1-2H3. The van der Waals surface area contributed by atoms with Crippen LogP contribution in [0.3, 0.4) is 0 Å². The Bertz CT molecular complexity index is 983. The molecule has 136 valence electrons. The summed E-state index contributed by atoms with van der Waals surface area (Å²) in [7, 11) is -3.81. The minimum Gasteiger partial charge on any atom is -0.312 e. The van der Waals surface area contributed by atoms with Gasteiger partial charge in [0.15, 0.2) is 5.78 Å². The molecule has 0 saturated carbocycles. The van der Waals surface area contributed by atoms with Gasteiger partial charge in [-0.3, -0.25) is 14.3 Å². The Hall–Kier alpha value is -2.67. The van der Waals surface area contributed by atoms with Crippen LogP contribution >= 0.6 is 0 Å². The van der Waals surface area contributed by atoms with E-state index in [-0.39, 0.29) is 16.6 Å². The number of sulfonamides is 1. The van der Waals surface area contributed by atoms with Crippen molar-refractivity contribution in [2.75, 3.05) is 16.2 Å². The van der Waals surface area contributed by atoms with Gasteiger partial charge in [0, 0.05) is 29.9 Å². The van der Waals surface area contributed by atoms with Crippen molar-refractivity contribution in [3.63, 3.8) is 0 Å². The van der Waals surface area contributed by atoms with E-state index in [1.54, 1.807) is 42.2 Å². The Balaban J connectivity index is 1.88. The lowest BCUT2D eigenvalue weighted by Gasteiger charge is -2.18. The van der Waals surface area contributed by atoms with E-state index in [0.29, 0.717) is 35.5 Å². The molecule has 7 heteroatoms. The van der Waals surface area contributed by atoms with E-state index in [2.05, 4.69) is 4.72 Å². The summed E-state index contributed by atoms with van der Waals surface area (Å²) >= 11 is 0. The maximum Gasteiger partial charge on any atom is 0.262 e. The fraction of sp³-hybridized carbons (Fsp3) is 0.263. The van der Waals surface area contributed by atoms with Crippen LogP contribution in [0.15, 0.2) is 47.4 Å². The molecule has 6 nitrogen and oxygen atoms in total. The van der Waals surface area contributed by atoms with Crippen molar-refractivity contribution in [1.82, 2.24) is 0 Å². The third-order valence-electron chi connectivity index (χ3n) is 4.35. The summed E-state index contributed by atoms with van der Waals surface area (Å²) < 4.78 is 28.0. The molecule has 0 bridgehead atoms. The minimum atomic E-state index is -3.81.